The first-order valence-corrected chi connectivity index (χ1v) is 5.83. The van der Waals surface area contributed by atoms with Gasteiger partial charge in [-0.1, -0.05) is 19.8 Å². The zero-order chi connectivity index (χ0) is 12.3. The molecule has 4 heteroatoms. The summed E-state index contributed by atoms with van der Waals surface area (Å²) >= 11 is 0. The Hall–Kier alpha value is -1.84. The molecule has 1 heterocycles. The highest BCUT2D eigenvalue weighted by molar-refractivity contribution is 5.91. The number of aromatic nitrogens is 1. The Morgan fingerprint density at radius 1 is 1.41 bits per heavy atom. The van der Waals surface area contributed by atoms with Crippen molar-refractivity contribution in [2.75, 3.05) is 0 Å². The summed E-state index contributed by atoms with van der Waals surface area (Å²) in [5.41, 5.74) is 1.52. The van der Waals surface area contributed by atoms with Crippen molar-refractivity contribution in [2.24, 2.45) is 0 Å². The lowest BCUT2D eigenvalue weighted by Gasteiger charge is -1.92. The summed E-state index contributed by atoms with van der Waals surface area (Å²) in [6, 6.07) is 4.74. The minimum atomic E-state index is -0.942. The summed E-state index contributed by atoms with van der Waals surface area (Å²) in [4.78, 5) is 15.1. The summed E-state index contributed by atoms with van der Waals surface area (Å²) < 4.78 is 5.55. The molecule has 0 aliphatic carbocycles. The van der Waals surface area contributed by atoms with E-state index in [4.69, 9.17) is 9.52 Å². The second-order valence-electron chi connectivity index (χ2n) is 4.05. The molecule has 0 atom stereocenters. The van der Waals surface area contributed by atoms with E-state index in [9.17, 15) is 4.79 Å². The first kappa shape index (κ1) is 11.6. The maximum Gasteiger partial charge on any atom is 0.335 e. The van der Waals surface area contributed by atoms with Crippen LogP contribution in [0.5, 0.6) is 0 Å². The molecule has 0 radical (unpaired) electrons. The van der Waals surface area contributed by atoms with Gasteiger partial charge in [0.15, 0.2) is 11.5 Å². The van der Waals surface area contributed by atoms with Crippen LogP contribution in [0, 0.1) is 0 Å². The molecular formula is C13H15NO3. The molecule has 0 amide bonds. The Labute approximate surface area is 99.3 Å². The van der Waals surface area contributed by atoms with Crippen LogP contribution in [0.4, 0.5) is 0 Å². The molecule has 0 spiro atoms. The lowest BCUT2D eigenvalue weighted by Crippen LogP contribution is -1.94. The number of benzene rings is 1. The van der Waals surface area contributed by atoms with Crippen LogP contribution in [0.15, 0.2) is 22.6 Å². The predicted octanol–water partition coefficient (Wildman–Crippen LogP) is 3.26. The Bertz CT molecular complexity index is 530. The highest BCUT2D eigenvalue weighted by Gasteiger charge is 2.09. The van der Waals surface area contributed by atoms with E-state index in [1.54, 1.807) is 12.1 Å². The number of fused-ring (bicyclic) bond motifs is 1. The Morgan fingerprint density at radius 3 is 2.94 bits per heavy atom. The summed E-state index contributed by atoms with van der Waals surface area (Å²) in [5, 5.41) is 8.87. The molecule has 0 aliphatic rings. The number of carboxylic acid groups (broad SMARTS) is 1. The first-order chi connectivity index (χ1) is 8.20. The van der Waals surface area contributed by atoms with Crippen molar-refractivity contribution < 1.29 is 14.3 Å². The molecular weight excluding hydrogens is 218 g/mol. The zero-order valence-corrected chi connectivity index (χ0v) is 9.77. The van der Waals surface area contributed by atoms with Gasteiger partial charge in [-0.3, -0.25) is 0 Å². The van der Waals surface area contributed by atoms with Gasteiger partial charge in [0.05, 0.1) is 5.56 Å². The second-order valence-corrected chi connectivity index (χ2v) is 4.05. The number of carboxylic acids is 1. The van der Waals surface area contributed by atoms with Gasteiger partial charge in [-0.15, -0.1) is 0 Å². The van der Waals surface area contributed by atoms with E-state index in [1.165, 1.54) is 6.07 Å². The number of aryl methyl sites for hydroxylation is 1. The fraction of sp³-hybridized carbons (Fsp3) is 0.385. The molecule has 4 nitrogen and oxygen atoms in total. The van der Waals surface area contributed by atoms with Gasteiger partial charge < -0.3 is 9.52 Å². The van der Waals surface area contributed by atoms with Crippen molar-refractivity contribution in [3.8, 4) is 0 Å². The van der Waals surface area contributed by atoms with E-state index in [2.05, 4.69) is 11.9 Å². The van der Waals surface area contributed by atoms with Crippen LogP contribution in [0.3, 0.4) is 0 Å². The van der Waals surface area contributed by atoms with E-state index in [-0.39, 0.29) is 5.56 Å². The smallest absolute Gasteiger partial charge is 0.335 e. The SMILES string of the molecule is CCCCCc1nc2cc(C(=O)O)ccc2o1. The third-order valence-electron chi connectivity index (χ3n) is 2.67. The highest BCUT2D eigenvalue weighted by Crippen LogP contribution is 2.18. The van der Waals surface area contributed by atoms with E-state index in [0.29, 0.717) is 17.0 Å². The Balaban J connectivity index is 2.21. The van der Waals surface area contributed by atoms with Crippen molar-refractivity contribution in [3.63, 3.8) is 0 Å². The summed E-state index contributed by atoms with van der Waals surface area (Å²) in [6.45, 7) is 2.14. The number of hydrogen-bond donors (Lipinski definition) is 1. The third kappa shape index (κ3) is 2.64. The first-order valence-electron chi connectivity index (χ1n) is 5.83. The van der Waals surface area contributed by atoms with Crippen molar-refractivity contribution in [3.05, 3.63) is 29.7 Å². The number of unbranched alkanes of at least 4 members (excludes halogenated alkanes) is 2. The van der Waals surface area contributed by atoms with Gasteiger partial charge >= 0.3 is 5.97 Å². The summed E-state index contributed by atoms with van der Waals surface area (Å²) in [6.07, 6.45) is 4.17. The lowest BCUT2D eigenvalue weighted by atomic mass is 10.2. The number of nitrogens with zero attached hydrogens (tertiary/aromatic N) is 1. The normalized spacial score (nSPS) is 10.9. The molecule has 17 heavy (non-hydrogen) atoms. The molecule has 0 aliphatic heterocycles. The topological polar surface area (TPSA) is 63.3 Å². The zero-order valence-electron chi connectivity index (χ0n) is 9.77. The van der Waals surface area contributed by atoms with Crippen LogP contribution in [-0.2, 0) is 6.42 Å². The molecule has 0 saturated heterocycles. The van der Waals surface area contributed by atoms with E-state index in [0.717, 1.165) is 25.7 Å². The molecule has 90 valence electrons. The lowest BCUT2D eigenvalue weighted by molar-refractivity contribution is 0.0697. The molecule has 0 saturated carbocycles. The van der Waals surface area contributed by atoms with Gasteiger partial charge in [0.2, 0.25) is 0 Å². The minimum absolute atomic E-state index is 0.242. The maximum atomic E-state index is 10.8. The molecule has 1 aromatic carbocycles. The maximum absolute atomic E-state index is 10.8. The molecule has 1 aromatic heterocycles. The van der Waals surface area contributed by atoms with Gasteiger partial charge in [0.25, 0.3) is 0 Å². The van der Waals surface area contributed by atoms with Crippen molar-refractivity contribution in [1.82, 2.24) is 4.98 Å². The van der Waals surface area contributed by atoms with Gasteiger partial charge in [0.1, 0.15) is 5.52 Å². The average Bonchev–Trinajstić information content (AvgIpc) is 2.70. The molecule has 2 rings (SSSR count). The molecule has 1 N–H and O–H groups in total. The third-order valence-corrected chi connectivity index (χ3v) is 2.67. The van der Waals surface area contributed by atoms with Gasteiger partial charge in [-0.25, -0.2) is 9.78 Å². The van der Waals surface area contributed by atoms with Crippen LogP contribution in [0.1, 0.15) is 42.4 Å². The van der Waals surface area contributed by atoms with Crippen LogP contribution in [-0.4, -0.2) is 16.1 Å². The monoisotopic (exact) mass is 233 g/mol. The van der Waals surface area contributed by atoms with Crippen molar-refractivity contribution in [2.45, 2.75) is 32.6 Å². The summed E-state index contributed by atoms with van der Waals surface area (Å²) in [7, 11) is 0. The van der Waals surface area contributed by atoms with Crippen LogP contribution in [0.2, 0.25) is 0 Å². The van der Waals surface area contributed by atoms with Crippen LogP contribution in [0.25, 0.3) is 11.1 Å². The van der Waals surface area contributed by atoms with E-state index < -0.39 is 5.97 Å². The molecule has 0 bridgehead atoms. The highest BCUT2D eigenvalue weighted by atomic mass is 16.4. The minimum Gasteiger partial charge on any atom is -0.478 e. The number of rotatable bonds is 5. The van der Waals surface area contributed by atoms with Crippen LogP contribution < -0.4 is 0 Å². The standard InChI is InChI=1S/C13H15NO3/c1-2-3-4-5-12-14-10-8-9(13(15)16)6-7-11(10)17-12/h6-8H,2-5H2,1H3,(H,15,16). The van der Waals surface area contributed by atoms with E-state index in [1.807, 2.05) is 0 Å². The Kier molecular flexibility index (Phi) is 3.42. The van der Waals surface area contributed by atoms with Gasteiger partial charge in [-0.2, -0.15) is 0 Å². The largest absolute Gasteiger partial charge is 0.478 e. The molecule has 0 fully saturated rings. The number of carbonyl (C=O) groups is 1. The second kappa shape index (κ2) is 4.99. The van der Waals surface area contributed by atoms with Crippen molar-refractivity contribution in [1.29, 1.82) is 0 Å². The van der Waals surface area contributed by atoms with Crippen molar-refractivity contribution >= 4 is 17.1 Å². The fourth-order valence-corrected chi connectivity index (χ4v) is 1.74. The average molecular weight is 233 g/mol. The fourth-order valence-electron chi connectivity index (χ4n) is 1.74. The van der Waals surface area contributed by atoms with Gasteiger partial charge in [-0.05, 0) is 24.6 Å². The van der Waals surface area contributed by atoms with Crippen LogP contribution >= 0.6 is 0 Å². The molecule has 2 aromatic rings. The molecule has 0 unspecified atom stereocenters. The Morgan fingerprint density at radius 2 is 2.24 bits per heavy atom. The number of hydrogen-bond acceptors (Lipinski definition) is 3. The number of oxazole rings is 1. The van der Waals surface area contributed by atoms with Gasteiger partial charge in [0, 0.05) is 6.42 Å². The van der Waals surface area contributed by atoms with E-state index >= 15 is 0 Å². The predicted molar refractivity (Wildman–Crippen MR) is 64.2 cm³/mol. The summed E-state index contributed by atoms with van der Waals surface area (Å²) in [5.74, 6) is -0.251. The number of aromatic carboxylic acids is 1. The quantitative estimate of drug-likeness (QED) is 0.805.